The lowest BCUT2D eigenvalue weighted by molar-refractivity contribution is 0.754. The lowest BCUT2D eigenvalue weighted by atomic mass is 9.99. The number of aromatic amines is 1. The minimum absolute atomic E-state index is 0.206. The van der Waals surface area contributed by atoms with Gasteiger partial charge in [0.25, 0.3) is 5.56 Å². The second-order valence-electron chi connectivity index (χ2n) is 6.14. The molecule has 1 aromatic carbocycles. The van der Waals surface area contributed by atoms with Crippen LogP contribution in [0.2, 0.25) is 0 Å². The Kier molecular flexibility index (Phi) is 3.83. The number of nitrogens with one attached hydrogen (secondary N) is 1. The Labute approximate surface area is 153 Å². The second-order valence-corrected chi connectivity index (χ2v) is 6.14. The van der Waals surface area contributed by atoms with Crippen LogP contribution in [0, 0.1) is 11.3 Å². The van der Waals surface area contributed by atoms with Crippen LogP contribution < -0.4 is 11.3 Å². The summed E-state index contributed by atoms with van der Waals surface area (Å²) in [4.78, 5) is 12.1. The van der Waals surface area contributed by atoms with Gasteiger partial charge in [0.15, 0.2) is 0 Å². The molecule has 0 unspecified atom stereocenters. The minimum atomic E-state index is -0.265. The molecule has 4 aromatic rings. The van der Waals surface area contributed by atoms with Gasteiger partial charge in [0.1, 0.15) is 11.8 Å². The number of nitrogens with two attached hydrogens (primary N) is 1. The molecule has 0 aliphatic rings. The highest BCUT2D eigenvalue weighted by molar-refractivity contribution is 5.91. The zero-order valence-corrected chi connectivity index (χ0v) is 14.8. The Balaban J connectivity index is 1.99. The number of aryl methyl sites for hydroxylation is 2. The van der Waals surface area contributed by atoms with Crippen LogP contribution in [-0.2, 0) is 20.6 Å². The van der Waals surface area contributed by atoms with Crippen molar-refractivity contribution in [3.05, 3.63) is 52.3 Å². The summed E-state index contributed by atoms with van der Waals surface area (Å²) < 4.78 is 3.24. The van der Waals surface area contributed by atoms with Gasteiger partial charge in [-0.1, -0.05) is 6.07 Å². The molecule has 3 N–H and O–H groups in total. The van der Waals surface area contributed by atoms with Crippen molar-refractivity contribution in [1.82, 2.24) is 29.8 Å². The van der Waals surface area contributed by atoms with Gasteiger partial charge < -0.3 is 5.73 Å². The molecule has 4 rings (SSSR count). The summed E-state index contributed by atoms with van der Waals surface area (Å²) >= 11 is 0. The molecule has 0 radical (unpaired) electrons. The Bertz CT molecular complexity index is 1270. The van der Waals surface area contributed by atoms with Crippen molar-refractivity contribution in [3.63, 3.8) is 0 Å². The molecule has 3 aromatic heterocycles. The third-order valence-electron chi connectivity index (χ3n) is 4.61. The number of fused-ring (bicyclic) bond motifs is 1. The summed E-state index contributed by atoms with van der Waals surface area (Å²) in [7, 11) is 3.53. The maximum Gasteiger partial charge on any atom is 0.272 e. The van der Waals surface area contributed by atoms with Crippen LogP contribution in [0.3, 0.4) is 0 Å². The molecule has 9 nitrogen and oxygen atoms in total. The van der Waals surface area contributed by atoms with Crippen molar-refractivity contribution in [1.29, 1.82) is 5.26 Å². The molecule has 0 aliphatic carbocycles. The number of aromatic nitrogens is 6. The van der Waals surface area contributed by atoms with E-state index in [-0.39, 0.29) is 12.1 Å². The highest BCUT2D eigenvalue weighted by Crippen LogP contribution is 2.34. The van der Waals surface area contributed by atoms with Gasteiger partial charge in [-0.15, -0.1) is 0 Å². The van der Waals surface area contributed by atoms with Gasteiger partial charge in [-0.3, -0.25) is 14.2 Å². The van der Waals surface area contributed by atoms with Crippen LogP contribution in [0.5, 0.6) is 0 Å². The van der Waals surface area contributed by atoms with Gasteiger partial charge in [0, 0.05) is 31.6 Å². The van der Waals surface area contributed by atoms with E-state index in [2.05, 4.69) is 26.5 Å². The average Bonchev–Trinajstić information content (AvgIpc) is 3.23. The van der Waals surface area contributed by atoms with Crippen molar-refractivity contribution in [3.8, 4) is 28.5 Å². The maximum absolute atomic E-state index is 12.1. The third kappa shape index (κ3) is 2.51. The lowest BCUT2D eigenvalue weighted by Gasteiger charge is -2.08. The molecular formula is C18H16N8O. The number of benzene rings is 1. The molecular weight excluding hydrogens is 344 g/mol. The lowest BCUT2D eigenvalue weighted by Crippen LogP contribution is -2.13. The molecule has 0 fully saturated rings. The van der Waals surface area contributed by atoms with Gasteiger partial charge in [0.05, 0.1) is 34.7 Å². The standard InChI is InChI=1S/C18H16N8O/c1-25-16(7-20)14(9-21-25)17-13(8-22-26(17)2)10-3-4-11-12(5-10)15(6-19)23-24-18(11)27/h3-5,8-9H,6,19H2,1-2H3,(H,24,27). The summed E-state index contributed by atoms with van der Waals surface area (Å²) in [5.74, 6) is 0. The molecule has 0 atom stereocenters. The first-order valence-electron chi connectivity index (χ1n) is 8.21. The SMILES string of the molecule is Cn1ncc(-c2c(-c3ccc4c(=O)[nH]nc(CN)c4c3)cnn2C)c1C#N. The van der Waals surface area contributed by atoms with Crippen LogP contribution >= 0.6 is 0 Å². The van der Waals surface area contributed by atoms with Gasteiger partial charge in [-0.2, -0.15) is 20.6 Å². The van der Waals surface area contributed by atoms with Crippen molar-refractivity contribution < 1.29 is 0 Å². The van der Waals surface area contributed by atoms with E-state index in [0.29, 0.717) is 27.7 Å². The molecule has 134 valence electrons. The highest BCUT2D eigenvalue weighted by Gasteiger charge is 2.19. The third-order valence-corrected chi connectivity index (χ3v) is 4.61. The number of hydrogen-bond donors (Lipinski definition) is 2. The summed E-state index contributed by atoms with van der Waals surface area (Å²) in [5, 5.41) is 25.7. The molecule has 0 bridgehead atoms. The van der Waals surface area contributed by atoms with Crippen LogP contribution in [0.4, 0.5) is 0 Å². The molecule has 0 saturated heterocycles. The number of H-pyrrole nitrogens is 1. The van der Waals surface area contributed by atoms with Crippen molar-refractivity contribution in [2.75, 3.05) is 0 Å². The van der Waals surface area contributed by atoms with Gasteiger partial charge in [-0.25, -0.2) is 5.10 Å². The average molecular weight is 360 g/mol. The normalized spacial score (nSPS) is 11.0. The number of hydrogen-bond acceptors (Lipinski definition) is 6. The first-order chi connectivity index (χ1) is 13.0. The maximum atomic E-state index is 12.1. The van der Waals surface area contributed by atoms with Gasteiger partial charge >= 0.3 is 0 Å². The fraction of sp³-hybridized carbons (Fsp3) is 0.167. The van der Waals surface area contributed by atoms with E-state index in [1.807, 2.05) is 19.2 Å². The van der Waals surface area contributed by atoms with E-state index in [0.717, 1.165) is 16.8 Å². The van der Waals surface area contributed by atoms with Crippen LogP contribution in [0.1, 0.15) is 11.4 Å². The van der Waals surface area contributed by atoms with Crippen molar-refractivity contribution >= 4 is 10.8 Å². The second kappa shape index (κ2) is 6.19. The zero-order valence-electron chi connectivity index (χ0n) is 14.8. The molecule has 27 heavy (non-hydrogen) atoms. The number of nitriles is 1. The summed E-state index contributed by atoms with van der Waals surface area (Å²) in [6.45, 7) is 0.206. The topological polar surface area (TPSA) is 131 Å². The van der Waals surface area contributed by atoms with E-state index in [1.165, 1.54) is 4.68 Å². The smallest absolute Gasteiger partial charge is 0.272 e. The van der Waals surface area contributed by atoms with Crippen LogP contribution in [-0.4, -0.2) is 29.8 Å². The molecule has 0 saturated carbocycles. The Morgan fingerprint density at radius 3 is 2.63 bits per heavy atom. The van der Waals surface area contributed by atoms with E-state index in [1.54, 1.807) is 30.2 Å². The Hall–Kier alpha value is -3.77. The van der Waals surface area contributed by atoms with Crippen molar-refractivity contribution in [2.45, 2.75) is 6.54 Å². The van der Waals surface area contributed by atoms with Crippen LogP contribution in [0.25, 0.3) is 33.2 Å². The summed E-state index contributed by atoms with van der Waals surface area (Å²) in [5.41, 5.74) is 9.70. The van der Waals surface area contributed by atoms with Crippen molar-refractivity contribution in [2.24, 2.45) is 19.8 Å². The largest absolute Gasteiger partial charge is 0.325 e. The molecule has 0 spiro atoms. The van der Waals surface area contributed by atoms with E-state index < -0.39 is 0 Å². The zero-order chi connectivity index (χ0) is 19.1. The molecule has 0 aliphatic heterocycles. The Morgan fingerprint density at radius 1 is 1.15 bits per heavy atom. The van der Waals surface area contributed by atoms with E-state index in [4.69, 9.17) is 5.73 Å². The fourth-order valence-corrected chi connectivity index (χ4v) is 3.25. The molecule has 3 heterocycles. The van der Waals surface area contributed by atoms with E-state index in [9.17, 15) is 10.1 Å². The molecule has 9 heteroatoms. The minimum Gasteiger partial charge on any atom is -0.325 e. The Morgan fingerprint density at radius 2 is 1.89 bits per heavy atom. The summed E-state index contributed by atoms with van der Waals surface area (Å²) in [6, 6.07) is 7.65. The van der Waals surface area contributed by atoms with Gasteiger partial charge in [0.2, 0.25) is 0 Å². The monoisotopic (exact) mass is 360 g/mol. The quantitative estimate of drug-likeness (QED) is 0.561. The first-order valence-corrected chi connectivity index (χ1v) is 8.21. The summed E-state index contributed by atoms with van der Waals surface area (Å²) in [6.07, 6.45) is 3.38. The number of nitrogens with zero attached hydrogens (tertiary/aromatic N) is 6. The predicted octanol–water partition coefficient (Wildman–Crippen LogP) is 1.05. The van der Waals surface area contributed by atoms with E-state index >= 15 is 0 Å². The fourth-order valence-electron chi connectivity index (χ4n) is 3.25. The highest BCUT2D eigenvalue weighted by atomic mass is 16.1. The number of rotatable bonds is 3. The van der Waals surface area contributed by atoms with Gasteiger partial charge in [-0.05, 0) is 17.7 Å². The van der Waals surface area contributed by atoms with Crippen LogP contribution in [0.15, 0.2) is 35.4 Å². The molecule has 0 amide bonds. The predicted molar refractivity (Wildman–Crippen MR) is 99.4 cm³/mol. The first kappa shape index (κ1) is 16.7.